The van der Waals surface area contributed by atoms with Crippen molar-refractivity contribution in [2.75, 3.05) is 14.1 Å². The average Bonchev–Trinajstić information content (AvgIpc) is 2.84. The lowest BCUT2D eigenvalue weighted by Gasteiger charge is -2.17. The minimum atomic E-state index is 0.572. The average molecular weight is 227 g/mol. The number of hydrogen-bond donors (Lipinski definition) is 0. The normalized spacial score (nSPS) is 16.2. The Balaban J connectivity index is 2.09. The van der Waals surface area contributed by atoms with E-state index < -0.39 is 0 Å². The number of hydrogen-bond acceptors (Lipinski definition) is 2. The van der Waals surface area contributed by atoms with Gasteiger partial charge in [0.2, 0.25) is 0 Å². The van der Waals surface area contributed by atoms with Gasteiger partial charge in [-0.1, -0.05) is 5.10 Å². The minimum Gasteiger partial charge on any atom is -0.275 e. The number of rotatable bonds is 1. The molecule has 0 amide bonds. The van der Waals surface area contributed by atoms with Crippen LogP contribution in [-0.4, -0.2) is 30.1 Å². The van der Waals surface area contributed by atoms with Crippen molar-refractivity contribution in [1.82, 2.24) is 14.4 Å². The highest BCUT2D eigenvalue weighted by Crippen LogP contribution is 2.32. The standard InChI is InChI=1S/C13H15N4/c1-16-9-12(7-14-16)10-4-5-13-11(6-10)8-15-17(13,2)3/h4-9H,1-3H3/q+1. The molecule has 0 spiro atoms. The van der Waals surface area contributed by atoms with E-state index in [4.69, 9.17) is 0 Å². The third-order valence-corrected chi connectivity index (χ3v) is 3.14. The van der Waals surface area contributed by atoms with Gasteiger partial charge in [0.05, 0.1) is 32.1 Å². The Morgan fingerprint density at radius 2 is 2.00 bits per heavy atom. The SMILES string of the molecule is Cn1cc(-c2ccc3c(c2)C=N[N+]3(C)C)cn1. The van der Waals surface area contributed by atoms with Crippen LogP contribution in [0.4, 0.5) is 5.69 Å². The Morgan fingerprint density at radius 1 is 1.18 bits per heavy atom. The second-order valence-corrected chi connectivity index (χ2v) is 4.82. The second-order valence-electron chi connectivity index (χ2n) is 4.82. The van der Waals surface area contributed by atoms with Gasteiger partial charge in [0.1, 0.15) is 0 Å². The quantitative estimate of drug-likeness (QED) is 0.685. The molecule has 1 aliphatic rings. The molecule has 0 bridgehead atoms. The van der Waals surface area contributed by atoms with Crippen LogP contribution < -0.4 is 4.59 Å². The molecule has 86 valence electrons. The third-order valence-electron chi connectivity index (χ3n) is 3.14. The summed E-state index contributed by atoms with van der Waals surface area (Å²) >= 11 is 0. The molecule has 4 nitrogen and oxygen atoms in total. The van der Waals surface area contributed by atoms with Gasteiger partial charge in [0, 0.05) is 24.9 Å². The molecule has 0 radical (unpaired) electrons. The van der Waals surface area contributed by atoms with E-state index in [2.05, 4.69) is 42.5 Å². The molecule has 17 heavy (non-hydrogen) atoms. The molecule has 4 heteroatoms. The van der Waals surface area contributed by atoms with Crippen molar-refractivity contribution in [3.05, 3.63) is 36.2 Å². The zero-order chi connectivity index (χ0) is 12.0. The molecule has 1 aromatic carbocycles. The molecule has 0 N–H and O–H groups in total. The smallest absolute Gasteiger partial charge is 0.167 e. The molecule has 0 aliphatic carbocycles. The van der Waals surface area contributed by atoms with Crippen LogP contribution in [0.3, 0.4) is 0 Å². The number of aryl methyl sites for hydroxylation is 1. The van der Waals surface area contributed by atoms with Crippen molar-refractivity contribution >= 4 is 11.9 Å². The topological polar surface area (TPSA) is 30.2 Å². The van der Waals surface area contributed by atoms with Gasteiger partial charge in [0.15, 0.2) is 5.69 Å². The van der Waals surface area contributed by atoms with Crippen LogP contribution in [0.1, 0.15) is 5.56 Å². The Hall–Kier alpha value is -1.94. The summed E-state index contributed by atoms with van der Waals surface area (Å²) in [6.45, 7) is 0. The van der Waals surface area contributed by atoms with Crippen molar-refractivity contribution in [2.45, 2.75) is 0 Å². The van der Waals surface area contributed by atoms with Gasteiger partial charge >= 0.3 is 0 Å². The van der Waals surface area contributed by atoms with Crippen LogP contribution in [0.25, 0.3) is 11.1 Å². The monoisotopic (exact) mass is 227 g/mol. The predicted molar refractivity (Wildman–Crippen MR) is 69.9 cm³/mol. The summed E-state index contributed by atoms with van der Waals surface area (Å²) in [6.07, 6.45) is 5.84. The lowest BCUT2D eigenvalue weighted by atomic mass is 10.1. The molecular formula is C13H15N4+. The Morgan fingerprint density at radius 3 is 2.71 bits per heavy atom. The van der Waals surface area contributed by atoms with E-state index in [0.29, 0.717) is 4.59 Å². The largest absolute Gasteiger partial charge is 0.275 e. The summed E-state index contributed by atoms with van der Waals surface area (Å²) in [5.74, 6) is 0. The molecule has 0 fully saturated rings. The maximum absolute atomic E-state index is 4.47. The summed E-state index contributed by atoms with van der Waals surface area (Å²) in [6, 6.07) is 6.44. The fourth-order valence-corrected chi connectivity index (χ4v) is 2.17. The van der Waals surface area contributed by atoms with Gasteiger partial charge in [-0.15, -0.1) is 0 Å². The fraction of sp³-hybridized carbons (Fsp3) is 0.231. The van der Waals surface area contributed by atoms with Crippen molar-refractivity contribution in [3.63, 3.8) is 0 Å². The van der Waals surface area contributed by atoms with Gasteiger partial charge in [-0.25, -0.2) is 0 Å². The highest BCUT2D eigenvalue weighted by Gasteiger charge is 2.27. The Bertz CT molecular complexity index is 608. The van der Waals surface area contributed by atoms with Crippen molar-refractivity contribution in [2.24, 2.45) is 12.1 Å². The summed E-state index contributed by atoms with van der Waals surface area (Å²) in [5, 5.41) is 8.66. The second kappa shape index (κ2) is 3.28. The maximum Gasteiger partial charge on any atom is 0.167 e. The number of fused-ring (bicyclic) bond motifs is 1. The molecule has 2 aromatic rings. The molecule has 2 heterocycles. The van der Waals surface area contributed by atoms with Crippen molar-refractivity contribution < 1.29 is 0 Å². The molecule has 1 aliphatic heterocycles. The summed E-state index contributed by atoms with van der Waals surface area (Å²) < 4.78 is 2.39. The summed E-state index contributed by atoms with van der Waals surface area (Å²) in [4.78, 5) is 0. The van der Waals surface area contributed by atoms with Crippen LogP contribution >= 0.6 is 0 Å². The Kier molecular flexibility index (Phi) is 1.97. The van der Waals surface area contributed by atoms with Gasteiger partial charge < -0.3 is 0 Å². The first-order valence-corrected chi connectivity index (χ1v) is 5.59. The maximum atomic E-state index is 4.47. The zero-order valence-corrected chi connectivity index (χ0v) is 10.3. The molecule has 3 rings (SSSR count). The molecule has 0 unspecified atom stereocenters. The summed E-state index contributed by atoms with van der Waals surface area (Å²) in [5.41, 5.74) is 4.75. The van der Waals surface area contributed by atoms with Crippen molar-refractivity contribution in [1.29, 1.82) is 0 Å². The van der Waals surface area contributed by atoms with E-state index >= 15 is 0 Å². The first-order valence-electron chi connectivity index (χ1n) is 5.59. The van der Waals surface area contributed by atoms with E-state index in [0.717, 1.165) is 5.56 Å². The molecule has 1 aromatic heterocycles. The molecule has 0 saturated carbocycles. The van der Waals surface area contributed by atoms with E-state index in [1.54, 1.807) is 0 Å². The first kappa shape index (κ1) is 10.2. The van der Waals surface area contributed by atoms with Gasteiger partial charge in [-0.05, 0) is 17.7 Å². The third kappa shape index (κ3) is 1.57. The van der Waals surface area contributed by atoms with Gasteiger partial charge in [0.25, 0.3) is 0 Å². The minimum absolute atomic E-state index is 0.572. The van der Waals surface area contributed by atoms with E-state index in [-0.39, 0.29) is 0 Å². The molecule has 0 saturated heterocycles. The van der Waals surface area contributed by atoms with Crippen LogP contribution in [0.5, 0.6) is 0 Å². The van der Waals surface area contributed by atoms with Crippen molar-refractivity contribution in [3.8, 4) is 11.1 Å². The van der Waals surface area contributed by atoms with Crippen LogP contribution in [0.2, 0.25) is 0 Å². The molecular weight excluding hydrogens is 212 g/mol. The number of benzene rings is 1. The highest BCUT2D eigenvalue weighted by atomic mass is 15.6. The van der Waals surface area contributed by atoms with E-state index in [1.165, 1.54) is 16.8 Å². The number of quaternary nitrogens is 1. The van der Waals surface area contributed by atoms with Crippen LogP contribution in [0, 0.1) is 0 Å². The van der Waals surface area contributed by atoms with Gasteiger partial charge in [-0.3, -0.25) is 4.68 Å². The first-order chi connectivity index (χ1) is 8.06. The number of aromatic nitrogens is 2. The molecule has 0 atom stereocenters. The predicted octanol–water partition coefficient (Wildman–Crippen LogP) is 2.00. The fourth-order valence-electron chi connectivity index (χ4n) is 2.17. The van der Waals surface area contributed by atoms with Gasteiger partial charge in [-0.2, -0.15) is 9.69 Å². The van der Waals surface area contributed by atoms with Crippen LogP contribution in [-0.2, 0) is 7.05 Å². The lowest BCUT2D eigenvalue weighted by molar-refractivity contribution is 0.435. The summed E-state index contributed by atoms with van der Waals surface area (Å²) in [7, 11) is 6.08. The highest BCUT2D eigenvalue weighted by molar-refractivity contribution is 5.92. The zero-order valence-electron chi connectivity index (χ0n) is 10.3. The lowest BCUT2D eigenvalue weighted by Crippen LogP contribution is -2.31. The number of nitrogens with zero attached hydrogens (tertiary/aromatic N) is 4. The van der Waals surface area contributed by atoms with E-state index in [1.807, 2.05) is 30.3 Å². The van der Waals surface area contributed by atoms with E-state index in [9.17, 15) is 0 Å². The van der Waals surface area contributed by atoms with Crippen LogP contribution in [0.15, 0.2) is 35.7 Å². The Labute approximate surface area is 100 Å².